The molecule has 46 heavy (non-hydrogen) atoms. The number of benzene rings is 2. The van der Waals surface area contributed by atoms with Gasteiger partial charge in [0.1, 0.15) is 0 Å². The third kappa shape index (κ3) is 8.82. The number of hydrogen-bond acceptors (Lipinski definition) is 3. The van der Waals surface area contributed by atoms with Crippen LogP contribution in [0.2, 0.25) is 10.0 Å². The highest BCUT2D eigenvalue weighted by Crippen LogP contribution is 2.42. The van der Waals surface area contributed by atoms with Crippen LogP contribution >= 0.6 is 35.6 Å². The molecule has 2 heterocycles. The lowest BCUT2D eigenvalue weighted by molar-refractivity contribution is -0.143. The summed E-state index contributed by atoms with van der Waals surface area (Å²) in [6.45, 7) is 6.48. The zero-order valence-corrected chi connectivity index (χ0v) is 27.9. The molecule has 2 aromatic rings. The monoisotopic (exact) mass is 715 g/mol. The van der Waals surface area contributed by atoms with E-state index in [9.17, 15) is 35.9 Å². The van der Waals surface area contributed by atoms with E-state index in [1.807, 2.05) is 19.9 Å². The van der Waals surface area contributed by atoms with Crippen molar-refractivity contribution in [3.8, 4) is 0 Å². The van der Waals surface area contributed by atoms with Crippen LogP contribution in [0, 0.1) is 11.3 Å². The van der Waals surface area contributed by atoms with Crippen LogP contribution < -0.4 is 5.73 Å². The molecule has 5 nitrogen and oxygen atoms in total. The zero-order valence-electron chi connectivity index (χ0n) is 25.5. The molecule has 2 amide bonds. The van der Waals surface area contributed by atoms with E-state index in [4.69, 9.17) is 28.9 Å². The van der Waals surface area contributed by atoms with E-state index < -0.39 is 46.6 Å². The number of carbonyl (C=O) groups excluding carboxylic acids is 2. The average molecular weight is 717 g/mol. The minimum atomic E-state index is -5.00. The van der Waals surface area contributed by atoms with Crippen molar-refractivity contribution in [1.82, 2.24) is 9.80 Å². The van der Waals surface area contributed by atoms with Crippen molar-refractivity contribution in [1.29, 1.82) is 0 Å². The van der Waals surface area contributed by atoms with Crippen LogP contribution in [0.15, 0.2) is 36.4 Å². The van der Waals surface area contributed by atoms with Gasteiger partial charge in [-0.3, -0.25) is 9.59 Å². The van der Waals surface area contributed by atoms with E-state index in [2.05, 4.69) is 4.90 Å². The molecule has 2 aliphatic heterocycles. The van der Waals surface area contributed by atoms with Crippen molar-refractivity contribution in [2.45, 2.75) is 70.1 Å². The quantitative estimate of drug-likeness (QED) is 0.281. The van der Waals surface area contributed by atoms with Crippen molar-refractivity contribution in [2.24, 2.45) is 17.1 Å². The Hall–Kier alpha value is -2.21. The van der Waals surface area contributed by atoms with E-state index in [1.165, 1.54) is 4.90 Å². The van der Waals surface area contributed by atoms with Gasteiger partial charge < -0.3 is 15.5 Å². The number of nitrogens with two attached hydrogens (primary N) is 1. The number of piperidine rings is 2. The maximum Gasteiger partial charge on any atom is 0.416 e. The summed E-state index contributed by atoms with van der Waals surface area (Å²) < 4.78 is 80.5. The van der Waals surface area contributed by atoms with Crippen molar-refractivity contribution in [3.63, 3.8) is 0 Å². The molecule has 0 radical (unpaired) electrons. The molecule has 2 fully saturated rings. The molecule has 4 rings (SSSR count). The summed E-state index contributed by atoms with van der Waals surface area (Å²) in [5, 5.41) is 0.707. The van der Waals surface area contributed by atoms with Crippen molar-refractivity contribution < 1.29 is 35.9 Å². The van der Waals surface area contributed by atoms with Gasteiger partial charge in [0.25, 0.3) is 0 Å². The average Bonchev–Trinajstić information content (AvgIpc) is 2.96. The maximum atomic E-state index is 13.5. The number of nitrogens with zero attached hydrogens (tertiary/aromatic N) is 2. The third-order valence-electron chi connectivity index (χ3n) is 9.61. The van der Waals surface area contributed by atoms with Gasteiger partial charge >= 0.3 is 12.4 Å². The minimum absolute atomic E-state index is 0. The molecule has 2 aliphatic rings. The highest BCUT2D eigenvalue weighted by atomic mass is 35.5. The van der Waals surface area contributed by atoms with Crippen LogP contribution in [-0.4, -0.2) is 54.3 Å². The molecule has 0 aromatic heterocycles. The van der Waals surface area contributed by atoms with Crippen LogP contribution in [-0.2, 0) is 33.8 Å². The van der Waals surface area contributed by atoms with Crippen molar-refractivity contribution in [3.05, 3.63) is 68.7 Å². The Morgan fingerprint density at radius 1 is 0.913 bits per heavy atom. The number of rotatable bonds is 8. The molecule has 2 N–H and O–H groups in total. The summed E-state index contributed by atoms with van der Waals surface area (Å²) in [5.41, 5.74) is 2.05. The minimum Gasteiger partial charge on any atom is -0.369 e. The highest BCUT2D eigenvalue weighted by molar-refractivity contribution is 6.42. The number of halogens is 9. The van der Waals surface area contributed by atoms with Gasteiger partial charge in [-0.15, -0.1) is 12.4 Å². The van der Waals surface area contributed by atoms with E-state index in [0.29, 0.717) is 54.5 Å². The van der Waals surface area contributed by atoms with Crippen LogP contribution in [0.25, 0.3) is 0 Å². The number of primary amides is 1. The van der Waals surface area contributed by atoms with Crippen molar-refractivity contribution >= 4 is 47.4 Å². The van der Waals surface area contributed by atoms with Crippen LogP contribution in [0.5, 0.6) is 0 Å². The van der Waals surface area contributed by atoms with Gasteiger partial charge in [-0.1, -0.05) is 43.1 Å². The molecule has 14 heteroatoms. The highest BCUT2D eigenvalue weighted by Gasteiger charge is 2.42. The van der Waals surface area contributed by atoms with Crippen LogP contribution in [0.3, 0.4) is 0 Å². The number of alkyl halides is 6. The smallest absolute Gasteiger partial charge is 0.369 e. The first-order chi connectivity index (χ1) is 20.8. The summed E-state index contributed by atoms with van der Waals surface area (Å²) in [4.78, 5) is 29.3. The largest absolute Gasteiger partial charge is 0.416 e. The Labute approximate surface area is 281 Å². The van der Waals surface area contributed by atoms with Gasteiger partial charge in [0.15, 0.2) is 0 Å². The van der Waals surface area contributed by atoms with Gasteiger partial charge in [0.05, 0.1) is 27.6 Å². The summed E-state index contributed by atoms with van der Waals surface area (Å²) in [6.07, 6.45) is -7.10. The number of amides is 2. The SMILES string of the molecule is CC(C)(C(N)=O)C1CCN(CCC2(c3ccc(Cl)c(Cl)c3)CCCN(C(=O)Cc3cc(C(F)(F)F)cc(C(F)(F)F)c3)C2)CC1.Cl. The van der Waals surface area contributed by atoms with Crippen LogP contribution in [0.4, 0.5) is 26.3 Å². The van der Waals surface area contributed by atoms with E-state index >= 15 is 0 Å². The predicted molar refractivity (Wildman–Crippen MR) is 168 cm³/mol. The molecule has 0 bridgehead atoms. The number of likely N-dealkylation sites (tertiary alicyclic amines) is 2. The summed E-state index contributed by atoms with van der Waals surface area (Å²) in [6, 6.07) is 6.56. The van der Waals surface area contributed by atoms with E-state index in [1.54, 1.807) is 12.1 Å². The normalized spacial score (nSPS) is 20.3. The van der Waals surface area contributed by atoms with Gasteiger partial charge in [-0.25, -0.2) is 0 Å². The molecule has 1 unspecified atom stereocenters. The first kappa shape index (κ1) is 38.2. The Bertz CT molecular complexity index is 1380. The number of hydrogen-bond donors (Lipinski definition) is 1. The first-order valence-corrected chi connectivity index (χ1v) is 15.6. The Morgan fingerprint density at radius 3 is 2.02 bits per heavy atom. The second kappa shape index (κ2) is 14.5. The summed E-state index contributed by atoms with van der Waals surface area (Å²) in [7, 11) is 0. The molecule has 1 atom stereocenters. The van der Waals surface area contributed by atoms with E-state index in [0.717, 1.165) is 31.5 Å². The molecular formula is C32H38Cl3F6N3O2. The maximum absolute atomic E-state index is 13.5. The Kier molecular flexibility index (Phi) is 12.1. The standard InChI is InChI=1S/C32H37Cl2F6N3O2.ClH/c1-29(2,28(41)45)21-6-11-42(12-7-21)13-9-30(22-4-5-25(33)26(34)18-22)8-3-10-43(19-30)27(44)16-20-14-23(31(35,36)37)17-24(15-20)32(38,39)40;/h4-5,14-15,17-18,21H,3,6-13,16,19H2,1-2H3,(H2,41,45);1H. The molecule has 256 valence electrons. The fourth-order valence-corrected chi connectivity index (χ4v) is 6.91. The van der Waals surface area contributed by atoms with E-state index in [-0.39, 0.29) is 42.4 Å². The third-order valence-corrected chi connectivity index (χ3v) is 10.4. The van der Waals surface area contributed by atoms with Gasteiger partial charge in [0, 0.05) is 23.9 Å². The molecule has 0 saturated carbocycles. The fourth-order valence-electron chi connectivity index (χ4n) is 6.61. The second-order valence-corrected chi connectivity index (χ2v) is 13.7. The fraction of sp³-hybridized carbons (Fsp3) is 0.562. The summed E-state index contributed by atoms with van der Waals surface area (Å²) >= 11 is 12.6. The summed E-state index contributed by atoms with van der Waals surface area (Å²) in [5.74, 6) is -0.723. The molecule has 0 aliphatic carbocycles. The first-order valence-electron chi connectivity index (χ1n) is 14.9. The van der Waals surface area contributed by atoms with Crippen molar-refractivity contribution in [2.75, 3.05) is 32.7 Å². The predicted octanol–water partition coefficient (Wildman–Crippen LogP) is 8.17. The Morgan fingerprint density at radius 2 is 1.50 bits per heavy atom. The number of carbonyl (C=O) groups is 2. The second-order valence-electron chi connectivity index (χ2n) is 12.9. The van der Waals surface area contributed by atoms with Gasteiger partial charge in [-0.2, -0.15) is 26.3 Å². The topological polar surface area (TPSA) is 66.6 Å². The Balaban J connectivity index is 0.00000576. The lowest BCUT2D eigenvalue weighted by Gasteiger charge is -2.45. The molecular weight excluding hydrogens is 679 g/mol. The molecule has 0 spiro atoms. The van der Waals surface area contributed by atoms with Crippen LogP contribution in [0.1, 0.15) is 68.2 Å². The lowest BCUT2D eigenvalue weighted by Crippen LogP contribution is -2.51. The molecule has 2 saturated heterocycles. The van der Waals surface area contributed by atoms with Gasteiger partial charge in [-0.05, 0) is 99.1 Å². The molecule has 2 aromatic carbocycles. The zero-order chi connectivity index (χ0) is 33.4. The lowest BCUT2D eigenvalue weighted by atomic mass is 9.71. The van der Waals surface area contributed by atoms with Gasteiger partial charge in [0.2, 0.25) is 11.8 Å².